The van der Waals surface area contributed by atoms with Gasteiger partial charge in [0.15, 0.2) is 0 Å². The topological polar surface area (TPSA) is 35.7 Å². The predicted octanol–water partition coefficient (Wildman–Crippen LogP) is 1.13. The van der Waals surface area contributed by atoms with Crippen LogP contribution in [0, 0.1) is 0 Å². The van der Waals surface area contributed by atoms with Crippen molar-refractivity contribution in [1.82, 2.24) is 9.80 Å². The molecule has 0 spiro atoms. The van der Waals surface area contributed by atoms with Crippen molar-refractivity contribution in [2.75, 3.05) is 52.7 Å². The lowest BCUT2D eigenvalue weighted by molar-refractivity contribution is 0.197. The Morgan fingerprint density at radius 1 is 1.26 bits per heavy atom. The molecule has 1 heterocycles. The highest BCUT2D eigenvalue weighted by atomic mass is 15.2. The molecule has 2 rings (SSSR count). The van der Waals surface area contributed by atoms with Gasteiger partial charge in [0, 0.05) is 52.0 Å². The van der Waals surface area contributed by atoms with Gasteiger partial charge in [-0.2, -0.15) is 0 Å². The monoisotopic (exact) mass is 262 g/mol. The smallest absolute Gasteiger partial charge is 0.0478 e. The van der Waals surface area contributed by atoms with Crippen molar-refractivity contribution in [3.63, 3.8) is 0 Å². The van der Waals surface area contributed by atoms with Crippen LogP contribution in [0.2, 0.25) is 0 Å². The van der Waals surface area contributed by atoms with Crippen molar-refractivity contribution in [3.8, 4) is 0 Å². The quantitative estimate of drug-likeness (QED) is 0.863. The first-order chi connectivity index (χ1) is 9.02. The van der Waals surface area contributed by atoms with Crippen LogP contribution in [0.25, 0.3) is 0 Å². The standard InChI is InChI=1S/C15H26N4/c1-17(2)7-8-19-11-12-5-6-13(18(3)4)9-14(12)15(19)10-16/h5-6,9,15H,7-8,10-11,16H2,1-4H3. The normalized spacial score (nSPS) is 18.9. The molecule has 106 valence electrons. The maximum atomic E-state index is 6.00. The van der Waals surface area contributed by atoms with E-state index in [9.17, 15) is 0 Å². The number of nitrogens with zero attached hydrogens (tertiary/aromatic N) is 3. The summed E-state index contributed by atoms with van der Waals surface area (Å²) in [6.45, 7) is 3.86. The number of anilines is 1. The zero-order valence-corrected chi connectivity index (χ0v) is 12.6. The molecule has 1 aromatic rings. The highest BCUT2D eigenvalue weighted by Crippen LogP contribution is 2.34. The van der Waals surface area contributed by atoms with Crippen molar-refractivity contribution in [2.45, 2.75) is 12.6 Å². The maximum absolute atomic E-state index is 6.00. The SMILES string of the molecule is CN(C)CCN1Cc2ccc(N(C)C)cc2C1CN. The Kier molecular flexibility index (Phi) is 4.45. The first kappa shape index (κ1) is 14.3. The lowest BCUT2D eigenvalue weighted by Gasteiger charge is -2.25. The van der Waals surface area contributed by atoms with Gasteiger partial charge in [-0.25, -0.2) is 0 Å². The zero-order valence-electron chi connectivity index (χ0n) is 12.6. The van der Waals surface area contributed by atoms with E-state index in [1.54, 1.807) is 0 Å². The van der Waals surface area contributed by atoms with E-state index in [0.29, 0.717) is 12.6 Å². The maximum Gasteiger partial charge on any atom is 0.0478 e. The highest BCUT2D eigenvalue weighted by molar-refractivity contribution is 5.52. The third-order valence-electron chi connectivity index (χ3n) is 3.88. The second-order valence-electron chi connectivity index (χ2n) is 5.80. The van der Waals surface area contributed by atoms with E-state index in [4.69, 9.17) is 5.73 Å². The summed E-state index contributed by atoms with van der Waals surface area (Å²) >= 11 is 0. The number of hydrogen-bond acceptors (Lipinski definition) is 4. The summed E-state index contributed by atoms with van der Waals surface area (Å²) in [5.41, 5.74) is 10.1. The number of benzene rings is 1. The van der Waals surface area contributed by atoms with Crippen molar-refractivity contribution in [2.24, 2.45) is 5.73 Å². The van der Waals surface area contributed by atoms with Crippen molar-refractivity contribution in [3.05, 3.63) is 29.3 Å². The Balaban J connectivity index is 2.18. The van der Waals surface area contributed by atoms with E-state index in [1.807, 2.05) is 0 Å². The van der Waals surface area contributed by atoms with Crippen molar-refractivity contribution >= 4 is 5.69 Å². The Morgan fingerprint density at radius 2 is 2.00 bits per heavy atom. The molecule has 1 aromatic carbocycles. The van der Waals surface area contributed by atoms with Crippen molar-refractivity contribution in [1.29, 1.82) is 0 Å². The summed E-state index contributed by atoms with van der Waals surface area (Å²) < 4.78 is 0. The molecule has 19 heavy (non-hydrogen) atoms. The highest BCUT2D eigenvalue weighted by Gasteiger charge is 2.29. The molecule has 1 aliphatic rings. The molecule has 1 unspecified atom stereocenters. The Labute approximate surface area is 116 Å². The van der Waals surface area contributed by atoms with Gasteiger partial charge in [-0.05, 0) is 37.4 Å². The molecule has 0 radical (unpaired) electrons. The Bertz CT molecular complexity index is 428. The molecule has 1 aliphatic heterocycles. The summed E-state index contributed by atoms with van der Waals surface area (Å²) in [4.78, 5) is 6.86. The van der Waals surface area contributed by atoms with Gasteiger partial charge in [0.1, 0.15) is 0 Å². The van der Waals surface area contributed by atoms with Crippen LogP contribution < -0.4 is 10.6 Å². The van der Waals surface area contributed by atoms with Gasteiger partial charge < -0.3 is 15.5 Å². The van der Waals surface area contributed by atoms with Gasteiger partial charge in [0.2, 0.25) is 0 Å². The first-order valence-electron chi connectivity index (χ1n) is 6.92. The van der Waals surface area contributed by atoms with Gasteiger partial charge in [-0.3, -0.25) is 4.90 Å². The molecule has 4 heteroatoms. The number of fused-ring (bicyclic) bond motifs is 1. The lowest BCUT2D eigenvalue weighted by Crippen LogP contribution is -2.33. The molecule has 1 atom stereocenters. The lowest BCUT2D eigenvalue weighted by atomic mass is 10.0. The fourth-order valence-corrected chi connectivity index (χ4v) is 2.68. The second-order valence-corrected chi connectivity index (χ2v) is 5.80. The van der Waals surface area contributed by atoms with Crippen LogP contribution >= 0.6 is 0 Å². The minimum atomic E-state index is 0.370. The van der Waals surface area contributed by atoms with Gasteiger partial charge in [0.05, 0.1) is 0 Å². The van der Waals surface area contributed by atoms with E-state index < -0.39 is 0 Å². The minimum Gasteiger partial charge on any atom is -0.378 e. The van der Waals surface area contributed by atoms with Crippen LogP contribution in [0.5, 0.6) is 0 Å². The summed E-state index contributed by atoms with van der Waals surface area (Å²) in [7, 11) is 8.39. The van der Waals surface area contributed by atoms with E-state index in [1.165, 1.54) is 16.8 Å². The minimum absolute atomic E-state index is 0.370. The molecule has 2 N–H and O–H groups in total. The van der Waals surface area contributed by atoms with E-state index >= 15 is 0 Å². The predicted molar refractivity (Wildman–Crippen MR) is 81.5 cm³/mol. The molecule has 0 saturated carbocycles. The Hall–Kier alpha value is -1.10. The van der Waals surface area contributed by atoms with Crippen LogP contribution in [-0.4, -0.2) is 57.6 Å². The third kappa shape index (κ3) is 3.08. The fraction of sp³-hybridized carbons (Fsp3) is 0.600. The molecule has 4 nitrogen and oxygen atoms in total. The van der Waals surface area contributed by atoms with Gasteiger partial charge >= 0.3 is 0 Å². The summed E-state index contributed by atoms with van der Waals surface area (Å²) in [5, 5.41) is 0. The molecule has 0 aromatic heterocycles. The summed E-state index contributed by atoms with van der Waals surface area (Å²) in [5.74, 6) is 0. The van der Waals surface area contributed by atoms with E-state index in [-0.39, 0.29) is 0 Å². The number of hydrogen-bond donors (Lipinski definition) is 1. The van der Waals surface area contributed by atoms with Gasteiger partial charge in [0.25, 0.3) is 0 Å². The average Bonchev–Trinajstić information content (AvgIpc) is 2.72. The fourth-order valence-electron chi connectivity index (χ4n) is 2.68. The molecule has 0 bridgehead atoms. The molecule has 0 saturated heterocycles. The summed E-state index contributed by atoms with van der Waals surface area (Å²) in [6, 6.07) is 7.11. The molecule has 0 amide bonds. The van der Waals surface area contributed by atoms with Crippen molar-refractivity contribution < 1.29 is 0 Å². The van der Waals surface area contributed by atoms with Crippen LogP contribution in [0.1, 0.15) is 17.2 Å². The van der Waals surface area contributed by atoms with E-state index in [0.717, 1.165) is 19.6 Å². The van der Waals surface area contributed by atoms with E-state index in [2.05, 4.69) is 61.1 Å². The average molecular weight is 262 g/mol. The molecule has 0 aliphatic carbocycles. The van der Waals surface area contributed by atoms with Crippen LogP contribution in [0.15, 0.2) is 18.2 Å². The van der Waals surface area contributed by atoms with Gasteiger partial charge in [-0.1, -0.05) is 6.07 Å². The molecular formula is C15H26N4. The largest absolute Gasteiger partial charge is 0.378 e. The van der Waals surface area contributed by atoms with Crippen LogP contribution in [-0.2, 0) is 6.54 Å². The molecule has 0 fully saturated rings. The second kappa shape index (κ2) is 5.90. The Morgan fingerprint density at radius 3 is 2.58 bits per heavy atom. The summed E-state index contributed by atoms with van der Waals surface area (Å²) in [6.07, 6.45) is 0. The number of nitrogens with two attached hydrogens (primary N) is 1. The number of rotatable bonds is 5. The zero-order chi connectivity index (χ0) is 14.0. The molecular weight excluding hydrogens is 236 g/mol. The van der Waals surface area contributed by atoms with Gasteiger partial charge in [-0.15, -0.1) is 0 Å². The number of likely N-dealkylation sites (N-methyl/N-ethyl adjacent to an activating group) is 1. The van der Waals surface area contributed by atoms with Crippen LogP contribution in [0.4, 0.5) is 5.69 Å². The van der Waals surface area contributed by atoms with Crippen LogP contribution in [0.3, 0.4) is 0 Å². The third-order valence-corrected chi connectivity index (χ3v) is 3.88. The first-order valence-corrected chi connectivity index (χ1v) is 6.92.